The summed E-state index contributed by atoms with van der Waals surface area (Å²) in [6.07, 6.45) is -4.47. The van der Waals surface area contributed by atoms with Crippen LogP contribution in [0.15, 0.2) is 35.9 Å². The average molecular weight is 407 g/mol. The molecule has 0 aliphatic heterocycles. The predicted octanol–water partition coefficient (Wildman–Crippen LogP) is 5.43. The lowest BCUT2D eigenvalue weighted by atomic mass is 9.90. The van der Waals surface area contributed by atoms with E-state index in [1.54, 1.807) is 13.8 Å². The maximum Gasteiger partial charge on any atom is 0.416 e. The highest BCUT2D eigenvalue weighted by atomic mass is 33.1. The number of carbonyl (C=O) groups is 2. The van der Waals surface area contributed by atoms with Gasteiger partial charge in [-0.1, -0.05) is 17.4 Å². The third-order valence-corrected chi connectivity index (χ3v) is 6.72. The van der Waals surface area contributed by atoms with Gasteiger partial charge in [-0.15, -0.1) is 0 Å². The number of anilines is 1. The summed E-state index contributed by atoms with van der Waals surface area (Å²) in [5, 5.41) is 12.7. The van der Waals surface area contributed by atoms with Gasteiger partial charge in [-0.25, -0.2) is 0 Å². The monoisotopic (exact) mass is 407 g/mol. The van der Waals surface area contributed by atoms with Crippen LogP contribution in [0.4, 0.5) is 18.9 Å². The lowest BCUT2D eigenvalue weighted by Crippen LogP contribution is -2.35. The van der Waals surface area contributed by atoms with Gasteiger partial charge in [-0.3, -0.25) is 4.79 Å². The molecule has 144 valence electrons. The minimum Gasteiger partial charge on any atom is -0.481 e. The van der Waals surface area contributed by atoms with E-state index in [0.717, 1.165) is 12.1 Å². The Morgan fingerprint density at radius 3 is 2.19 bits per heavy atom. The van der Waals surface area contributed by atoms with E-state index in [4.69, 9.17) is 0 Å². The van der Waals surface area contributed by atoms with Crippen molar-refractivity contribution in [1.82, 2.24) is 0 Å². The Labute approximate surface area is 158 Å². The van der Waals surface area contributed by atoms with Crippen LogP contribution in [0.5, 0.6) is 0 Å². The molecule has 0 saturated carbocycles. The summed E-state index contributed by atoms with van der Waals surface area (Å²) in [6, 6.07) is 4.51. The number of carbonyl (C=O) groups excluding carboxylic acids is 1. The minimum absolute atomic E-state index is 0.0747. The van der Waals surface area contributed by atoms with Gasteiger partial charge in [0, 0.05) is 16.9 Å². The van der Waals surface area contributed by atoms with Crippen LogP contribution < -0.4 is 5.32 Å². The van der Waals surface area contributed by atoms with Crippen molar-refractivity contribution in [2.75, 3.05) is 5.32 Å². The molecule has 0 aromatic heterocycles. The second-order valence-electron chi connectivity index (χ2n) is 6.19. The maximum atomic E-state index is 12.5. The molecule has 0 radical (unpaired) electrons. The van der Waals surface area contributed by atoms with Crippen LogP contribution in [-0.4, -0.2) is 21.6 Å². The van der Waals surface area contributed by atoms with Gasteiger partial charge in [0.1, 0.15) is 5.78 Å². The van der Waals surface area contributed by atoms with Crippen molar-refractivity contribution in [2.24, 2.45) is 5.92 Å². The first-order valence-corrected chi connectivity index (χ1v) is 9.69. The van der Waals surface area contributed by atoms with Gasteiger partial charge in [0.05, 0.1) is 16.5 Å². The summed E-state index contributed by atoms with van der Waals surface area (Å²) in [5.41, 5.74) is -0.308. The Balaban J connectivity index is 2.67. The molecular weight excluding hydrogens is 387 g/mol. The van der Waals surface area contributed by atoms with Gasteiger partial charge in [0.25, 0.3) is 0 Å². The number of carboxylic acid groups (broad SMARTS) is 1. The van der Waals surface area contributed by atoms with E-state index in [-0.39, 0.29) is 12.2 Å². The smallest absolute Gasteiger partial charge is 0.416 e. The van der Waals surface area contributed by atoms with E-state index in [0.29, 0.717) is 10.7 Å². The van der Waals surface area contributed by atoms with Crippen molar-refractivity contribution >= 4 is 39.0 Å². The van der Waals surface area contributed by atoms with Gasteiger partial charge < -0.3 is 15.2 Å². The number of benzene rings is 1. The van der Waals surface area contributed by atoms with Crippen LogP contribution in [0.25, 0.3) is 0 Å². The highest BCUT2D eigenvalue weighted by Crippen LogP contribution is 2.45. The molecule has 0 aliphatic rings. The molecule has 0 spiro atoms. The zero-order valence-corrected chi connectivity index (χ0v) is 16.1. The Morgan fingerprint density at radius 2 is 1.77 bits per heavy atom. The van der Waals surface area contributed by atoms with Crippen molar-refractivity contribution in [3.8, 4) is 0 Å². The fraction of sp³-hybridized carbons (Fsp3) is 0.412. The number of aliphatic carboxylic acids is 1. The number of rotatable bonds is 9. The van der Waals surface area contributed by atoms with E-state index in [9.17, 15) is 27.9 Å². The third kappa shape index (κ3) is 6.95. The van der Waals surface area contributed by atoms with E-state index < -0.39 is 28.4 Å². The topological polar surface area (TPSA) is 66.4 Å². The van der Waals surface area contributed by atoms with E-state index in [2.05, 4.69) is 11.9 Å². The number of alkyl halides is 3. The third-order valence-electron chi connectivity index (χ3n) is 3.48. The summed E-state index contributed by atoms with van der Waals surface area (Å²) in [5.74, 6) is -2.13. The number of ketones is 1. The fourth-order valence-electron chi connectivity index (χ4n) is 2.06. The highest BCUT2D eigenvalue weighted by Gasteiger charge is 2.37. The first kappa shape index (κ1) is 22.4. The summed E-state index contributed by atoms with van der Waals surface area (Å²) < 4.78 is 36.9. The van der Waals surface area contributed by atoms with Crippen LogP contribution in [0.3, 0.4) is 0 Å². The second kappa shape index (κ2) is 8.85. The number of hydrogen-bond donors (Lipinski definition) is 2. The van der Waals surface area contributed by atoms with Crippen molar-refractivity contribution in [1.29, 1.82) is 0 Å². The Hall–Kier alpha value is -1.61. The molecule has 1 rings (SSSR count). The van der Waals surface area contributed by atoms with Gasteiger partial charge >= 0.3 is 12.1 Å². The maximum absolute atomic E-state index is 12.5. The summed E-state index contributed by atoms with van der Waals surface area (Å²) in [4.78, 5) is 22.7. The number of carboxylic acids is 1. The van der Waals surface area contributed by atoms with Gasteiger partial charge in [0.15, 0.2) is 0 Å². The molecule has 1 atom stereocenters. The first-order chi connectivity index (χ1) is 11.8. The first-order valence-electron chi connectivity index (χ1n) is 7.54. The lowest BCUT2D eigenvalue weighted by molar-refractivity contribution is -0.144. The molecule has 1 aromatic carbocycles. The van der Waals surface area contributed by atoms with Crippen LogP contribution in [0.1, 0.15) is 32.8 Å². The fourth-order valence-corrected chi connectivity index (χ4v) is 4.25. The molecule has 2 N–H and O–H groups in total. The molecule has 0 fully saturated rings. The number of halogens is 3. The molecule has 26 heavy (non-hydrogen) atoms. The molecular formula is C17H20F3NO3S2. The summed E-state index contributed by atoms with van der Waals surface area (Å²) in [7, 11) is 2.41. The molecule has 0 heterocycles. The van der Waals surface area contributed by atoms with E-state index in [1.165, 1.54) is 40.6 Å². The van der Waals surface area contributed by atoms with Crippen LogP contribution >= 0.6 is 21.6 Å². The predicted molar refractivity (Wildman–Crippen MR) is 99.9 cm³/mol. The van der Waals surface area contributed by atoms with Gasteiger partial charge in [0.2, 0.25) is 0 Å². The van der Waals surface area contributed by atoms with Crippen LogP contribution in [0.2, 0.25) is 0 Å². The largest absolute Gasteiger partial charge is 0.481 e. The summed E-state index contributed by atoms with van der Waals surface area (Å²) in [6.45, 7) is 8.57. The van der Waals surface area contributed by atoms with Gasteiger partial charge in [-0.2, -0.15) is 13.2 Å². The zero-order chi connectivity index (χ0) is 20.1. The Kier molecular flexibility index (Phi) is 7.64. The van der Waals surface area contributed by atoms with E-state index in [1.807, 2.05) is 0 Å². The van der Waals surface area contributed by atoms with Crippen molar-refractivity contribution in [3.05, 3.63) is 41.4 Å². The average Bonchev–Trinajstić information content (AvgIpc) is 2.50. The van der Waals surface area contributed by atoms with Gasteiger partial charge in [-0.05, 0) is 55.8 Å². The molecule has 9 heteroatoms. The molecule has 0 amide bonds. The van der Waals surface area contributed by atoms with Crippen molar-refractivity contribution in [3.63, 3.8) is 0 Å². The molecule has 1 unspecified atom stereocenters. The molecule has 0 bridgehead atoms. The van der Waals surface area contributed by atoms with Crippen molar-refractivity contribution in [2.45, 2.75) is 38.1 Å². The van der Waals surface area contributed by atoms with Crippen LogP contribution in [-0.2, 0) is 15.8 Å². The Morgan fingerprint density at radius 1 is 1.23 bits per heavy atom. The zero-order valence-electron chi connectivity index (χ0n) is 14.5. The van der Waals surface area contributed by atoms with Crippen LogP contribution in [0, 0.1) is 5.92 Å². The number of hydrogen-bond acceptors (Lipinski definition) is 5. The molecule has 0 aliphatic carbocycles. The minimum atomic E-state index is -4.40. The molecule has 0 saturated heterocycles. The normalized spacial score (nSPS) is 13.2. The number of Topliss-reactive ketones (excluding diaryl/α,β-unsaturated/α-hetero) is 1. The highest BCUT2D eigenvalue weighted by molar-refractivity contribution is 8.78. The quantitative estimate of drug-likeness (QED) is 0.532. The molecule has 1 aromatic rings. The van der Waals surface area contributed by atoms with E-state index >= 15 is 0 Å². The molecule has 4 nitrogen and oxygen atoms in total. The second-order valence-corrected chi connectivity index (χ2v) is 9.07. The lowest BCUT2D eigenvalue weighted by Gasteiger charge is -2.29. The Bertz CT molecular complexity index is 673. The number of nitrogens with one attached hydrogen (secondary N) is 1. The van der Waals surface area contributed by atoms with Crippen molar-refractivity contribution < 1.29 is 27.9 Å². The SMILES string of the molecule is C=C(Nc1ccc(C(F)(F)F)cc1)SSC(C)(C)C(CC(C)=O)C(=O)O. The standard InChI is InChI=1S/C17H20F3NO3S2/c1-10(22)9-14(15(23)24)16(3,4)26-25-11(2)21-13-7-5-12(6-8-13)17(18,19)20/h5-8,14,21H,2,9H2,1,3-4H3,(H,23,24). The summed E-state index contributed by atoms with van der Waals surface area (Å²) >= 11 is 0.